The van der Waals surface area contributed by atoms with Crippen molar-refractivity contribution in [3.8, 4) is 17.2 Å². The molecular weight excluding hydrogens is 352 g/mol. The summed E-state index contributed by atoms with van der Waals surface area (Å²) < 4.78 is 17.5. The van der Waals surface area contributed by atoms with Gasteiger partial charge in [-0.3, -0.25) is 4.90 Å². The lowest BCUT2D eigenvalue weighted by atomic mass is 9.98. The maximum absolute atomic E-state index is 6.34. The van der Waals surface area contributed by atoms with Gasteiger partial charge in [0.2, 0.25) is 0 Å². The van der Waals surface area contributed by atoms with Crippen LogP contribution in [0.4, 0.5) is 0 Å². The van der Waals surface area contributed by atoms with Gasteiger partial charge in [0, 0.05) is 43.9 Å². The monoisotopic (exact) mass is 382 g/mol. The molecule has 4 rings (SSSR count). The van der Waals surface area contributed by atoms with Crippen molar-refractivity contribution in [3.63, 3.8) is 0 Å². The Kier molecular flexibility index (Phi) is 6.03. The fraction of sp³-hybridized carbons (Fsp3) is 0.478. The third-order valence-corrected chi connectivity index (χ3v) is 5.69. The van der Waals surface area contributed by atoms with Gasteiger partial charge < -0.3 is 19.5 Å². The van der Waals surface area contributed by atoms with Gasteiger partial charge in [0.25, 0.3) is 0 Å². The van der Waals surface area contributed by atoms with E-state index in [-0.39, 0.29) is 0 Å². The predicted molar refractivity (Wildman–Crippen MR) is 110 cm³/mol. The fourth-order valence-electron chi connectivity index (χ4n) is 4.09. The molecule has 2 fully saturated rings. The molecule has 0 amide bonds. The first kappa shape index (κ1) is 19.1. The van der Waals surface area contributed by atoms with E-state index in [1.807, 2.05) is 24.3 Å². The highest BCUT2D eigenvalue weighted by Gasteiger charge is 2.39. The molecule has 150 valence electrons. The Balaban J connectivity index is 1.68. The number of piperazine rings is 1. The summed E-state index contributed by atoms with van der Waals surface area (Å²) in [5.74, 6) is 3.07. The van der Waals surface area contributed by atoms with Gasteiger partial charge in [-0.15, -0.1) is 0 Å². The van der Waals surface area contributed by atoms with Gasteiger partial charge in [-0.05, 0) is 30.4 Å². The van der Waals surface area contributed by atoms with Gasteiger partial charge in [-0.25, -0.2) is 0 Å². The zero-order valence-electron chi connectivity index (χ0n) is 16.8. The molecule has 1 heterocycles. The van der Waals surface area contributed by atoms with Crippen LogP contribution in [-0.4, -0.2) is 45.3 Å². The zero-order chi connectivity index (χ0) is 19.3. The van der Waals surface area contributed by atoms with Gasteiger partial charge in [0.15, 0.2) is 11.5 Å². The number of nitrogens with one attached hydrogen (secondary N) is 1. The van der Waals surface area contributed by atoms with E-state index in [0.29, 0.717) is 24.3 Å². The van der Waals surface area contributed by atoms with Crippen LogP contribution in [0, 0.1) is 5.92 Å². The third kappa shape index (κ3) is 4.26. The molecular formula is C23H30N2O3. The van der Waals surface area contributed by atoms with E-state index in [2.05, 4.69) is 28.4 Å². The summed E-state index contributed by atoms with van der Waals surface area (Å²) >= 11 is 0. The van der Waals surface area contributed by atoms with Gasteiger partial charge in [0.1, 0.15) is 12.4 Å². The van der Waals surface area contributed by atoms with Gasteiger partial charge in [-0.1, -0.05) is 30.3 Å². The first-order valence-corrected chi connectivity index (χ1v) is 10.2. The molecule has 1 atom stereocenters. The van der Waals surface area contributed by atoms with Crippen molar-refractivity contribution in [2.45, 2.75) is 25.5 Å². The average Bonchev–Trinajstić information content (AvgIpc) is 3.59. The van der Waals surface area contributed by atoms with Gasteiger partial charge >= 0.3 is 0 Å². The molecule has 2 aliphatic rings. The van der Waals surface area contributed by atoms with Crippen LogP contribution < -0.4 is 19.5 Å². The molecule has 2 aromatic rings. The summed E-state index contributed by atoms with van der Waals surface area (Å²) in [5.41, 5.74) is 2.38. The maximum atomic E-state index is 6.34. The first-order valence-electron chi connectivity index (χ1n) is 10.2. The highest BCUT2D eigenvalue weighted by molar-refractivity contribution is 5.52. The number of hydrogen-bond acceptors (Lipinski definition) is 5. The van der Waals surface area contributed by atoms with Crippen molar-refractivity contribution >= 4 is 0 Å². The van der Waals surface area contributed by atoms with Crippen LogP contribution in [0.1, 0.15) is 30.0 Å². The van der Waals surface area contributed by atoms with Crippen molar-refractivity contribution in [3.05, 3.63) is 53.6 Å². The Morgan fingerprint density at radius 3 is 2.29 bits per heavy atom. The standard InChI is InChI=1S/C23H30N2O3/c1-26-21-14-19(23(18-8-9-18)25-12-10-24-11-13-25)20(15-22(21)27-2)28-16-17-6-4-3-5-7-17/h3-7,14-15,18,23-24H,8-13,16H2,1-2H3/t23-/m0/s1. The van der Waals surface area contributed by atoms with Crippen molar-refractivity contribution in [1.29, 1.82) is 0 Å². The molecule has 0 spiro atoms. The topological polar surface area (TPSA) is 43.0 Å². The number of rotatable bonds is 8. The van der Waals surface area contributed by atoms with E-state index in [0.717, 1.165) is 43.2 Å². The molecule has 1 N–H and O–H groups in total. The lowest BCUT2D eigenvalue weighted by molar-refractivity contribution is 0.151. The molecule has 5 heteroatoms. The quantitative estimate of drug-likeness (QED) is 0.755. The van der Waals surface area contributed by atoms with Crippen molar-refractivity contribution in [2.24, 2.45) is 5.92 Å². The Hall–Kier alpha value is -2.24. The second-order valence-electron chi connectivity index (χ2n) is 7.59. The van der Waals surface area contributed by atoms with E-state index in [9.17, 15) is 0 Å². The summed E-state index contributed by atoms with van der Waals surface area (Å²) in [6.45, 7) is 4.75. The normalized spacial score (nSPS) is 18.5. The summed E-state index contributed by atoms with van der Waals surface area (Å²) in [6, 6.07) is 14.8. The van der Waals surface area contributed by atoms with Crippen LogP contribution >= 0.6 is 0 Å². The van der Waals surface area contributed by atoms with Crippen molar-refractivity contribution < 1.29 is 14.2 Å². The molecule has 5 nitrogen and oxygen atoms in total. The highest BCUT2D eigenvalue weighted by Crippen LogP contribution is 2.49. The largest absolute Gasteiger partial charge is 0.493 e. The fourth-order valence-corrected chi connectivity index (χ4v) is 4.09. The number of benzene rings is 2. The smallest absolute Gasteiger partial charge is 0.164 e. The third-order valence-electron chi connectivity index (χ3n) is 5.69. The molecule has 0 aromatic heterocycles. The number of methoxy groups -OCH3 is 2. The summed E-state index contributed by atoms with van der Waals surface area (Å²) in [6.07, 6.45) is 2.56. The van der Waals surface area contributed by atoms with Crippen LogP contribution in [0.15, 0.2) is 42.5 Å². The van der Waals surface area contributed by atoms with E-state index < -0.39 is 0 Å². The first-order chi connectivity index (χ1) is 13.8. The molecule has 1 saturated carbocycles. The Labute approximate surface area is 167 Å². The molecule has 28 heavy (non-hydrogen) atoms. The van der Waals surface area contributed by atoms with Crippen LogP contribution in [0.25, 0.3) is 0 Å². The average molecular weight is 383 g/mol. The van der Waals surface area contributed by atoms with E-state index in [4.69, 9.17) is 14.2 Å². The van der Waals surface area contributed by atoms with Crippen LogP contribution in [0.5, 0.6) is 17.2 Å². The van der Waals surface area contributed by atoms with Crippen LogP contribution in [0.3, 0.4) is 0 Å². The number of ether oxygens (including phenoxy) is 3. The second kappa shape index (κ2) is 8.84. The van der Waals surface area contributed by atoms with Gasteiger partial charge in [-0.2, -0.15) is 0 Å². The summed E-state index contributed by atoms with van der Waals surface area (Å²) in [5, 5.41) is 3.46. The maximum Gasteiger partial charge on any atom is 0.164 e. The Morgan fingerprint density at radius 1 is 0.964 bits per heavy atom. The predicted octanol–water partition coefficient (Wildman–Crippen LogP) is 3.64. The van der Waals surface area contributed by atoms with E-state index in [1.165, 1.54) is 18.4 Å². The highest BCUT2D eigenvalue weighted by atomic mass is 16.5. The van der Waals surface area contributed by atoms with Crippen molar-refractivity contribution in [1.82, 2.24) is 10.2 Å². The summed E-state index contributed by atoms with van der Waals surface area (Å²) in [4.78, 5) is 2.60. The molecule has 0 radical (unpaired) electrons. The minimum atomic E-state index is 0.368. The lowest BCUT2D eigenvalue weighted by Crippen LogP contribution is -2.45. The minimum Gasteiger partial charge on any atom is -0.493 e. The molecule has 1 aliphatic heterocycles. The summed E-state index contributed by atoms with van der Waals surface area (Å²) in [7, 11) is 3.37. The van der Waals surface area contributed by atoms with Gasteiger partial charge in [0.05, 0.1) is 14.2 Å². The van der Waals surface area contributed by atoms with Crippen LogP contribution in [0.2, 0.25) is 0 Å². The van der Waals surface area contributed by atoms with E-state index in [1.54, 1.807) is 14.2 Å². The number of hydrogen-bond donors (Lipinski definition) is 1. The molecule has 0 unspecified atom stereocenters. The molecule has 2 aromatic carbocycles. The van der Waals surface area contributed by atoms with E-state index >= 15 is 0 Å². The Bertz CT molecular complexity index is 771. The molecule has 1 saturated heterocycles. The number of nitrogens with zero attached hydrogens (tertiary/aromatic N) is 1. The second-order valence-corrected chi connectivity index (χ2v) is 7.59. The molecule has 0 bridgehead atoms. The lowest BCUT2D eigenvalue weighted by Gasteiger charge is -2.36. The van der Waals surface area contributed by atoms with Crippen LogP contribution in [-0.2, 0) is 6.61 Å². The SMILES string of the molecule is COc1cc(OCc2ccccc2)c([C@H](C2CC2)N2CCNCC2)cc1OC. The molecule has 1 aliphatic carbocycles. The van der Waals surface area contributed by atoms with Crippen molar-refractivity contribution in [2.75, 3.05) is 40.4 Å². The Morgan fingerprint density at radius 2 is 1.64 bits per heavy atom. The zero-order valence-corrected chi connectivity index (χ0v) is 16.8. The minimum absolute atomic E-state index is 0.368.